The van der Waals surface area contributed by atoms with E-state index in [1.165, 1.54) is 23.0 Å². The molecule has 3 amide bonds. The van der Waals surface area contributed by atoms with Crippen LogP contribution in [0.5, 0.6) is 0 Å². The zero-order valence-corrected chi connectivity index (χ0v) is 18.0. The van der Waals surface area contributed by atoms with Crippen molar-refractivity contribution in [1.29, 1.82) is 0 Å². The summed E-state index contributed by atoms with van der Waals surface area (Å²) in [5, 5.41) is 8.13. The second-order valence-corrected chi connectivity index (χ2v) is 8.62. The van der Waals surface area contributed by atoms with Crippen LogP contribution in [0.15, 0.2) is 30.5 Å². The van der Waals surface area contributed by atoms with E-state index in [2.05, 4.69) is 10.3 Å². The molecule has 168 valence electrons. The molecular formula is C21H23N5O6. The van der Waals surface area contributed by atoms with Gasteiger partial charge >= 0.3 is 12.1 Å². The maximum Gasteiger partial charge on any atom is 0.410 e. The van der Waals surface area contributed by atoms with Crippen LogP contribution >= 0.6 is 0 Å². The topological polar surface area (TPSA) is 124 Å². The SMILES string of the molecule is CC(C)(C)OC(=O)N1CCCC1Cn1cc(C(=O)ON2C(=O)c3ccccc3C2=O)nn1. The number of carbonyl (C=O) groups is 4. The first-order valence-corrected chi connectivity index (χ1v) is 10.2. The molecule has 0 bridgehead atoms. The van der Waals surface area contributed by atoms with Crippen molar-refractivity contribution in [1.82, 2.24) is 25.0 Å². The Labute approximate surface area is 183 Å². The van der Waals surface area contributed by atoms with Gasteiger partial charge < -0.3 is 14.5 Å². The van der Waals surface area contributed by atoms with Gasteiger partial charge in [0.1, 0.15) is 5.60 Å². The van der Waals surface area contributed by atoms with Crippen molar-refractivity contribution in [2.75, 3.05) is 6.54 Å². The van der Waals surface area contributed by atoms with E-state index in [0.717, 1.165) is 12.8 Å². The fraction of sp³-hybridized carbons (Fsp3) is 0.429. The Morgan fingerprint density at radius 1 is 1.12 bits per heavy atom. The van der Waals surface area contributed by atoms with Gasteiger partial charge in [0.25, 0.3) is 11.8 Å². The summed E-state index contributed by atoms with van der Waals surface area (Å²) in [5.41, 5.74) is -0.434. The summed E-state index contributed by atoms with van der Waals surface area (Å²) in [7, 11) is 0. The number of aromatic nitrogens is 3. The van der Waals surface area contributed by atoms with Crippen LogP contribution in [0.3, 0.4) is 0 Å². The van der Waals surface area contributed by atoms with Gasteiger partial charge in [-0.1, -0.05) is 22.4 Å². The van der Waals surface area contributed by atoms with Gasteiger partial charge in [-0.2, -0.15) is 0 Å². The van der Waals surface area contributed by atoms with Gasteiger partial charge in [0.15, 0.2) is 5.69 Å². The lowest BCUT2D eigenvalue weighted by atomic mass is 10.1. The van der Waals surface area contributed by atoms with Crippen LogP contribution in [0, 0.1) is 0 Å². The van der Waals surface area contributed by atoms with E-state index >= 15 is 0 Å². The van der Waals surface area contributed by atoms with Crippen molar-refractivity contribution >= 4 is 23.9 Å². The number of rotatable bonds is 4. The maximum atomic E-state index is 12.5. The van der Waals surface area contributed by atoms with Crippen molar-refractivity contribution in [2.24, 2.45) is 0 Å². The molecule has 1 fully saturated rings. The molecule has 0 N–H and O–H groups in total. The Morgan fingerprint density at radius 2 is 1.78 bits per heavy atom. The number of amides is 3. The summed E-state index contributed by atoms with van der Waals surface area (Å²) in [4.78, 5) is 56.2. The number of hydroxylamine groups is 2. The molecule has 11 heteroatoms. The number of hydrogen-bond donors (Lipinski definition) is 0. The average molecular weight is 441 g/mol. The molecule has 1 saturated heterocycles. The normalized spacial score (nSPS) is 18.2. The molecule has 0 spiro atoms. The lowest BCUT2D eigenvalue weighted by molar-refractivity contribution is -0.0588. The van der Waals surface area contributed by atoms with Gasteiger partial charge in [0.2, 0.25) is 0 Å². The van der Waals surface area contributed by atoms with Crippen LogP contribution in [0.4, 0.5) is 4.79 Å². The van der Waals surface area contributed by atoms with Gasteiger partial charge in [0.05, 0.1) is 29.9 Å². The second kappa shape index (κ2) is 8.06. The fourth-order valence-electron chi connectivity index (χ4n) is 3.66. The van der Waals surface area contributed by atoms with E-state index in [1.54, 1.807) is 37.8 Å². The van der Waals surface area contributed by atoms with Crippen LogP contribution in [0.2, 0.25) is 0 Å². The summed E-state index contributed by atoms with van der Waals surface area (Å²) in [6.45, 7) is 6.30. The summed E-state index contributed by atoms with van der Waals surface area (Å²) >= 11 is 0. The number of benzene rings is 1. The third-order valence-corrected chi connectivity index (χ3v) is 5.08. The minimum atomic E-state index is -0.985. The monoisotopic (exact) mass is 441 g/mol. The molecule has 0 saturated carbocycles. The minimum absolute atomic E-state index is 0.161. The Kier molecular flexibility index (Phi) is 5.41. The van der Waals surface area contributed by atoms with Gasteiger partial charge in [-0.15, -0.1) is 5.10 Å². The highest BCUT2D eigenvalue weighted by Crippen LogP contribution is 2.24. The third kappa shape index (κ3) is 4.18. The Hall–Kier alpha value is -3.76. The first kappa shape index (κ1) is 21.5. The second-order valence-electron chi connectivity index (χ2n) is 8.62. The van der Waals surface area contributed by atoms with Crippen molar-refractivity contribution in [3.05, 3.63) is 47.3 Å². The molecular weight excluding hydrogens is 418 g/mol. The lowest BCUT2D eigenvalue weighted by Crippen LogP contribution is -2.41. The molecule has 1 aromatic carbocycles. The molecule has 32 heavy (non-hydrogen) atoms. The first-order chi connectivity index (χ1) is 15.1. The highest BCUT2D eigenvalue weighted by molar-refractivity contribution is 6.21. The Bertz CT molecular complexity index is 1050. The van der Waals surface area contributed by atoms with E-state index in [0.29, 0.717) is 18.2 Å². The Balaban J connectivity index is 1.40. The van der Waals surface area contributed by atoms with E-state index in [4.69, 9.17) is 9.57 Å². The van der Waals surface area contributed by atoms with Crippen LogP contribution < -0.4 is 0 Å². The molecule has 0 radical (unpaired) electrons. The molecule has 2 aromatic rings. The number of ether oxygens (including phenoxy) is 1. The largest absolute Gasteiger partial charge is 0.444 e. The molecule has 3 heterocycles. The van der Waals surface area contributed by atoms with Crippen molar-refractivity contribution < 1.29 is 28.8 Å². The highest BCUT2D eigenvalue weighted by atomic mass is 16.7. The standard InChI is InChI=1S/C21H23N5O6/c1-21(2,3)31-20(30)25-10-6-7-13(25)11-24-12-16(22-23-24)19(29)32-26-17(27)14-8-4-5-9-15(14)18(26)28/h4-5,8-9,12-13H,6-7,10-11H2,1-3H3. The summed E-state index contributed by atoms with van der Waals surface area (Å²) in [6.07, 6.45) is 2.54. The van der Waals surface area contributed by atoms with Gasteiger partial charge in [0, 0.05) is 6.54 Å². The summed E-state index contributed by atoms with van der Waals surface area (Å²) in [5.74, 6) is -2.42. The molecule has 0 aliphatic carbocycles. The number of carbonyl (C=O) groups excluding carboxylic acids is 4. The van der Waals surface area contributed by atoms with Gasteiger partial charge in [-0.3, -0.25) is 9.59 Å². The first-order valence-electron chi connectivity index (χ1n) is 10.2. The number of nitrogens with zero attached hydrogens (tertiary/aromatic N) is 5. The molecule has 11 nitrogen and oxygen atoms in total. The molecule has 2 aliphatic heterocycles. The third-order valence-electron chi connectivity index (χ3n) is 5.08. The molecule has 2 aliphatic rings. The number of fused-ring (bicyclic) bond motifs is 1. The number of hydrogen-bond acceptors (Lipinski definition) is 8. The predicted octanol–water partition coefficient (Wildman–Crippen LogP) is 2.05. The summed E-state index contributed by atoms with van der Waals surface area (Å²) in [6, 6.07) is 6.04. The van der Waals surface area contributed by atoms with Gasteiger partial charge in [-0.25, -0.2) is 14.3 Å². The van der Waals surface area contributed by atoms with E-state index in [9.17, 15) is 19.2 Å². The minimum Gasteiger partial charge on any atom is -0.444 e. The smallest absolute Gasteiger partial charge is 0.410 e. The average Bonchev–Trinajstić information content (AvgIpc) is 3.44. The van der Waals surface area contributed by atoms with E-state index in [-0.39, 0.29) is 22.9 Å². The van der Waals surface area contributed by atoms with Crippen molar-refractivity contribution in [2.45, 2.75) is 51.8 Å². The number of imide groups is 1. The highest BCUT2D eigenvalue weighted by Gasteiger charge is 2.39. The zero-order valence-electron chi connectivity index (χ0n) is 18.0. The van der Waals surface area contributed by atoms with Crippen LogP contribution in [-0.4, -0.2) is 67.0 Å². The van der Waals surface area contributed by atoms with E-state index in [1.807, 2.05) is 0 Å². The van der Waals surface area contributed by atoms with Crippen molar-refractivity contribution in [3.8, 4) is 0 Å². The maximum absolute atomic E-state index is 12.5. The molecule has 4 rings (SSSR count). The zero-order chi connectivity index (χ0) is 23.0. The van der Waals surface area contributed by atoms with Crippen LogP contribution in [0.1, 0.15) is 64.8 Å². The van der Waals surface area contributed by atoms with Gasteiger partial charge in [-0.05, 0) is 45.7 Å². The molecule has 1 unspecified atom stereocenters. The molecule has 1 aromatic heterocycles. The lowest BCUT2D eigenvalue weighted by Gasteiger charge is -2.28. The number of likely N-dealkylation sites (tertiary alicyclic amines) is 1. The quantitative estimate of drug-likeness (QED) is 0.661. The van der Waals surface area contributed by atoms with Crippen LogP contribution in [-0.2, 0) is 16.1 Å². The fourth-order valence-corrected chi connectivity index (χ4v) is 3.66. The Morgan fingerprint density at radius 3 is 2.41 bits per heavy atom. The predicted molar refractivity (Wildman–Crippen MR) is 108 cm³/mol. The van der Waals surface area contributed by atoms with Crippen LogP contribution in [0.25, 0.3) is 0 Å². The van der Waals surface area contributed by atoms with Crippen molar-refractivity contribution in [3.63, 3.8) is 0 Å². The summed E-state index contributed by atoms with van der Waals surface area (Å²) < 4.78 is 6.88. The van der Waals surface area contributed by atoms with E-state index < -0.39 is 29.5 Å². The molecule has 1 atom stereocenters.